The Kier molecular flexibility index (Phi) is 4.98. The molecule has 1 aromatic heterocycles. The molecule has 2 aromatic rings. The molecule has 1 heterocycles. The van der Waals surface area contributed by atoms with E-state index in [0.29, 0.717) is 6.54 Å². The fraction of sp³-hybridized carbons (Fsp3) is 0.333. The zero-order valence-electron chi connectivity index (χ0n) is 13.8. The van der Waals surface area contributed by atoms with Crippen LogP contribution >= 0.6 is 0 Å². The summed E-state index contributed by atoms with van der Waals surface area (Å²) in [6.45, 7) is 7.67. The van der Waals surface area contributed by atoms with E-state index in [9.17, 15) is 9.18 Å². The van der Waals surface area contributed by atoms with Crippen molar-refractivity contribution in [3.05, 3.63) is 53.5 Å². The highest BCUT2D eigenvalue weighted by Gasteiger charge is 2.16. The minimum atomic E-state index is -0.524. The van der Waals surface area contributed by atoms with Crippen LogP contribution in [0.15, 0.2) is 36.4 Å². The van der Waals surface area contributed by atoms with Crippen molar-refractivity contribution in [2.24, 2.45) is 0 Å². The molecule has 1 amide bonds. The van der Waals surface area contributed by atoms with Crippen LogP contribution in [0.1, 0.15) is 32.0 Å². The molecule has 0 spiro atoms. The zero-order chi connectivity index (χ0) is 17.0. The number of amides is 1. The van der Waals surface area contributed by atoms with Crippen LogP contribution < -0.4 is 5.32 Å². The maximum atomic E-state index is 13.0. The zero-order valence-corrected chi connectivity index (χ0v) is 13.8. The van der Waals surface area contributed by atoms with Crippen molar-refractivity contribution in [2.75, 3.05) is 0 Å². The van der Waals surface area contributed by atoms with Gasteiger partial charge < -0.3 is 10.1 Å². The van der Waals surface area contributed by atoms with Gasteiger partial charge in [-0.15, -0.1) is 0 Å². The number of pyridine rings is 1. The standard InChI is InChI=1S/C18H21FN2O2/c1-12-14(11-20-17(22)23-18(2,3)4)7-10-16(21-12)13-5-8-15(19)9-6-13/h5-10H,11H2,1-4H3,(H,20,22). The Morgan fingerprint density at radius 3 is 2.39 bits per heavy atom. The number of carbonyl (C=O) groups excluding carboxylic acids is 1. The van der Waals surface area contributed by atoms with Gasteiger partial charge in [0, 0.05) is 17.8 Å². The van der Waals surface area contributed by atoms with Gasteiger partial charge in [0.2, 0.25) is 0 Å². The molecule has 2 rings (SSSR count). The normalized spacial score (nSPS) is 11.2. The van der Waals surface area contributed by atoms with Gasteiger partial charge in [-0.05, 0) is 63.6 Å². The predicted octanol–water partition coefficient (Wildman–Crippen LogP) is 4.22. The number of nitrogens with one attached hydrogen (secondary N) is 1. The average Bonchev–Trinajstić information content (AvgIpc) is 2.45. The number of carbonyl (C=O) groups is 1. The van der Waals surface area contributed by atoms with E-state index in [-0.39, 0.29) is 5.82 Å². The SMILES string of the molecule is Cc1nc(-c2ccc(F)cc2)ccc1CNC(=O)OC(C)(C)C. The van der Waals surface area contributed by atoms with E-state index >= 15 is 0 Å². The molecule has 0 unspecified atom stereocenters. The third kappa shape index (κ3) is 5.06. The second-order valence-electron chi connectivity index (χ2n) is 6.30. The fourth-order valence-electron chi connectivity index (χ4n) is 2.04. The molecule has 0 aliphatic heterocycles. The smallest absolute Gasteiger partial charge is 0.407 e. The Morgan fingerprint density at radius 2 is 1.83 bits per heavy atom. The third-order valence-electron chi connectivity index (χ3n) is 3.16. The number of aryl methyl sites for hydroxylation is 1. The number of ether oxygens (including phenoxy) is 1. The van der Waals surface area contributed by atoms with Crippen LogP contribution in [0.2, 0.25) is 0 Å². The lowest BCUT2D eigenvalue weighted by molar-refractivity contribution is 0.0523. The van der Waals surface area contributed by atoms with Gasteiger partial charge in [-0.1, -0.05) is 6.07 Å². The molecule has 0 fully saturated rings. The van der Waals surface area contributed by atoms with Crippen LogP contribution in [0, 0.1) is 12.7 Å². The summed E-state index contributed by atoms with van der Waals surface area (Å²) in [4.78, 5) is 16.2. The number of halogens is 1. The first-order chi connectivity index (χ1) is 10.7. The highest BCUT2D eigenvalue weighted by Crippen LogP contribution is 2.19. The molecular formula is C18H21FN2O2. The highest BCUT2D eigenvalue weighted by molar-refractivity contribution is 5.67. The van der Waals surface area contributed by atoms with Gasteiger partial charge in [0.1, 0.15) is 11.4 Å². The van der Waals surface area contributed by atoms with Crippen molar-refractivity contribution in [3.8, 4) is 11.3 Å². The number of hydrogen-bond acceptors (Lipinski definition) is 3. The van der Waals surface area contributed by atoms with Crippen LogP contribution in [0.4, 0.5) is 9.18 Å². The van der Waals surface area contributed by atoms with Gasteiger partial charge in [0.05, 0.1) is 5.69 Å². The Labute approximate surface area is 135 Å². The first-order valence-corrected chi connectivity index (χ1v) is 7.44. The Bertz CT molecular complexity index is 691. The van der Waals surface area contributed by atoms with Crippen LogP contribution in [0.3, 0.4) is 0 Å². The summed E-state index contributed by atoms with van der Waals surface area (Å²) in [5.74, 6) is -0.274. The van der Waals surface area contributed by atoms with Gasteiger partial charge >= 0.3 is 6.09 Å². The van der Waals surface area contributed by atoms with E-state index in [1.807, 2.05) is 39.8 Å². The number of benzene rings is 1. The lowest BCUT2D eigenvalue weighted by Gasteiger charge is -2.19. The van der Waals surface area contributed by atoms with Crippen LogP contribution in [0.5, 0.6) is 0 Å². The molecule has 0 radical (unpaired) electrons. The van der Waals surface area contributed by atoms with Crippen molar-refractivity contribution in [3.63, 3.8) is 0 Å². The molecule has 0 saturated carbocycles. The number of rotatable bonds is 3. The largest absolute Gasteiger partial charge is 0.444 e. The summed E-state index contributed by atoms with van der Waals surface area (Å²) in [7, 11) is 0. The molecule has 0 saturated heterocycles. The van der Waals surface area contributed by atoms with E-state index in [0.717, 1.165) is 22.5 Å². The summed E-state index contributed by atoms with van der Waals surface area (Å²) in [6.07, 6.45) is -0.459. The second-order valence-corrected chi connectivity index (χ2v) is 6.30. The summed E-state index contributed by atoms with van der Waals surface area (Å²) in [6, 6.07) is 9.95. The van der Waals surface area contributed by atoms with Crippen molar-refractivity contribution in [2.45, 2.75) is 39.8 Å². The monoisotopic (exact) mass is 316 g/mol. The van der Waals surface area contributed by atoms with E-state index in [1.54, 1.807) is 12.1 Å². The van der Waals surface area contributed by atoms with Gasteiger partial charge in [0.15, 0.2) is 0 Å². The van der Waals surface area contributed by atoms with E-state index < -0.39 is 11.7 Å². The average molecular weight is 316 g/mol. The molecule has 23 heavy (non-hydrogen) atoms. The topological polar surface area (TPSA) is 51.2 Å². The van der Waals surface area contributed by atoms with Crippen molar-refractivity contribution >= 4 is 6.09 Å². The Balaban J connectivity index is 2.05. The molecule has 122 valence electrons. The predicted molar refractivity (Wildman–Crippen MR) is 87.4 cm³/mol. The van der Waals surface area contributed by atoms with E-state index in [1.165, 1.54) is 12.1 Å². The Morgan fingerprint density at radius 1 is 1.17 bits per heavy atom. The van der Waals surface area contributed by atoms with E-state index in [2.05, 4.69) is 10.3 Å². The molecule has 1 N–H and O–H groups in total. The summed E-state index contributed by atoms with van der Waals surface area (Å²) in [5, 5.41) is 2.71. The van der Waals surface area contributed by atoms with Gasteiger partial charge in [-0.25, -0.2) is 9.18 Å². The molecule has 0 aliphatic rings. The van der Waals surface area contributed by atoms with Gasteiger partial charge in [-0.3, -0.25) is 4.98 Å². The quantitative estimate of drug-likeness (QED) is 0.922. The number of hydrogen-bond donors (Lipinski definition) is 1. The summed E-state index contributed by atoms with van der Waals surface area (Å²) in [5.41, 5.74) is 2.80. The molecular weight excluding hydrogens is 295 g/mol. The lowest BCUT2D eigenvalue weighted by atomic mass is 10.1. The molecule has 4 nitrogen and oxygen atoms in total. The van der Waals surface area contributed by atoms with Crippen molar-refractivity contribution in [1.82, 2.24) is 10.3 Å². The second kappa shape index (κ2) is 6.77. The number of aromatic nitrogens is 1. The Hall–Kier alpha value is -2.43. The van der Waals surface area contributed by atoms with E-state index in [4.69, 9.17) is 4.74 Å². The minimum absolute atomic E-state index is 0.274. The van der Waals surface area contributed by atoms with Gasteiger partial charge in [0.25, 0.3) is 0 Å². The van der Waals surface area contributed by atoms with Crippen molar-refractivity contribution in [1.29, 1.82) is 0 Å². The maximum Gasteiger partial charge on any atom is 0.407 e. The first kappa shape index (κ1) is 16.9. The molecule has 0 atom stereocenters. The number of nitrogens with zero attached hydrogens (tertiary/aromatic N) is 1. The summed E-state index contributed by atoms with van der Waals surface area (Å²) < 4.78 is 18.2. The van der Waals surface area contributed by atoms with Crippen molar-refractivity contribution < 1.29 is 13.9 Å². The number of alkyl carbamates (subject to hydrolysis) is 1. The molecule has 5 heteroatoms. The fourth-order valence-corrected chi connectivity index (χ4v) is 2.04. The lowest BCUT2D eigenvalue weighted by Crippen LogP contribution is -2.32. The van der Waals surface area contributed by atoms with Crippen LogP contribution in [0.25, 0.3) is 11.3 Å². The van der Waals surface area contributed by atoms with Crippen LogP contribution in [-0.4, -0.2) is 16.7 Å². The third-order valence-corrected chi connectivity index (χ3v) is 3.16. The maximum absolute atomic E-state index is 13.0. The minimum Gasteiger partial charge on any atom is -0.444 e. The highest BCUT2D eigenvalue weighted by atomic mass is 19.1. The summed E-state index contributed by atoms with van der Waals surface area (Å²) >= 11 is 0. The van der Waals surface area contributed by atoms with Crippen LogP contribution in [-0.2, 0) is 11.3 Å². The molecule has 1 aromatic carbocycles. The first-order valence-electron chi connectivity index (χ1n) is 7.44. The van der Waals surface area contributed by atoms with Gasteiger partial charge in [-0.2, -0.15) is 0 Å². The molecule has 0 bridgehead atoms. The molecule has 0 aliphatic carbocycles.